The van der Waals surface area contributed by atoms with E-state index in [2.05, 4.69) is 5.32 Å². The van der Waals surface area contributed by atoms with E-state index in [4.69, 9.17) is 36.3 Å². The van der Waals surface area contributed by atoms with Crippen molar-refractivity contribution in [3.05, 3.63) is 48.0 Å². The lowest BCUT2D eigenvalue weighted by Gasteiger charge is -2.33. The molecule has 0 aliphatic carbocycles. The smallest absolute Gasteiger partial charge is 0.410 e. The zero-order chi connectivity index (χ0) is 43.5. The molecule has 4 rings (SSSR count). The Hall–Kier alpha value is -4.33. The Morgan fingerprint density at radius 2 is 1.02 bits per heavy atom. The fraction of sp³-hybridized carbons (Fsp3) is 0.619. The van der Waals surface area contributed by atoms with Crippen molar-refractivity contribution >= 4 is 46.3 Å². The number of ether oxygens (including phenoxy) is 4. The fourth-order valence-corrected chi connectivity index (χ4v) is 4.91. The lowest BCUT2D eigenvalue weighted by atomic mass is 9.95. The summed E-state index contributed by atoms with van der Waals surface area (Å²) in [6.07, 6.45) is 1.89. The van der Waals surface area contributed by atoms with Gasteiger partial charge in [0.05, 0.1) is 11.4 Å². The average molecular weight is 825 g/mol. The molecule has 2 aliphatic rings. The molecule has 0 aromatic heterocycles. The highest BCUT2D eigenvalue weighted by Crippen LogP contribution is 2.27. The van der Waals surface area contributed by atoms with Gasteiger partial charge in [-0.15, -0.1) is 0 Å². The molecule has 12 nitrogen and oxygen atoms in total. The van der Waals surface area contributed by atoms with E-state index in [1.807, 2.05) is 41.5 Å². The molecule has 15 heteroatoms. The minimum atomic E-state index is -0.607. The van der Waals surface area contributed by atoms with E-state index in [1.165, 1.54) is 24.3 Å². The number of rotatable bonds is 5. The second-order valence-electron chi connectivity index (χ2n) is 18.1. The minimum absolute atomic E-state index is 0.0401. The maximum atomic E-state index is 14.3. The van der Waals surface area contributed by atoms with Crippen LogP contribution in [0.3, 0.4) is 0 Å². The number of nitrogens with zero attached hydrogens (tertiary/aromatic N) is 2. The van der Waals surface area contributed by atoms with E-state index in [-0.39, 0.29) is 52.3 Å². The number of halogens is 3. The third-order valence-electron chi connectivity index (χ3n) is 8.22. The Balaban J connectivity index is 0.000000344. The lowest BCUT2D eigenvalue weighted by Crippen LogP contribution is -2.44. The highest BCUT2D eigenvalue weighted by molar-refractivity contribution is 6.64. The summed E-state index contributed by atoms with van der Waals surface area (Å²) in [4.78, 5) is 49.6. The molecular formula is C42H63ClF2N4O8. The van der Waals surface area contributed by atoms with E-state index in [0.29, 0.717) is 63.4 Å². The standard InChI is InChI=1S/C21H31FN2O4.C16H23FN2O3.C5H9ClO/c1-20(2,3)18(25)23-17-8-7-15(13-16(17)22)27-14-9-11-24(12-10-14)19(26)28-21(4,5)6;1-16(2,3)22-15(20)19-8-6-11(7-9-19)21-12-4-5-14(18)13(17)10-12;1-5(2,3)4(6)7/h7-8,13-14H,9-12H2,1-6H3,(H,23,25);4-5,10-11H,6-9,18H2,1-3H3;1-3H3. The highest BCUT2D eigenvalue weighted by atomic mass is 35.5. The van der Waals surface area contributed by atoms with Crippen LogP contribution >= 0.6 is 11.6 Å². The predicted molar refractivity (Wildman–Crippen MR) is 219 cm³/mol. The van der Waals surface area contributed by atoms with Crippen LogP contribution in [0.25, 0.3) is 0 Å². The number of amides is 3. The van der Waals surface area contributed by atoms with E-state index >= 15 is 0 Å². The van der Waals surface area contributed by atoms with E-state index in [0.717, 1.165) is 0 Å². The van der Waals surface area contributed by atoms with Crippen LogP contribution in [0, 0.1) is 22.5 Å². The zero-order valence-corrected chi connectivity index (χ0v) is 36.4. The summed E-state index contributed by atoms with van der Waals surface area (Å²) in [6, 6.07) is 8.85. The van der Waals surface area contributed by atoms with Gasteiger partial charge in [0.25, 0.3) is 0 Å². The van der Waals surface area contributed by atoms with Gasteiger partial charge in [-0.1, -0.05) is 41.5 Å². The molecule has 0 radical (unpaired) electrons. The molecule has 2 aromatic rings. The van der Waals surface area contributed by atoms with E-state index in [1.54, 1.807) is 63.5 Å². The summed E-state index contributed by atoms with van der Waals surface area (Å²) in [5, 5.41) is 2.31. The Morgan fingerprint density at radius 1 is 0.649 bits per heavy atom. The number of hydrogen-bond donors (Lipinski definition) is 2. The number of anilines is 2. The molecule has 57 heavy (non-hydrogen) atoms. The van der Waals surface area contributed by atoms with E-state index in [9.17, 15) is 28.0 Å². The first-order valence-corrected chi connectivity index (χ1v) is 19.6. The van der Waals surface area contributed by atoms with Gasteiger partial charge in [0, 0.05) is 74.8 Å². The first-order chi connectivity index (χ1) is 26.0. The van der Waals surface area contributed by atoms with Gasteiger partial charge in [0.2, 0.25) is 11.1 Å². The highest BCUT2D eigenvalue weighted by Gasteiger charge is 2.29. The molecule has 3 amide bonds. The van der Waals surface area contributed by atoms with Crippen molar-refractivity contribution in [2.45, 2.75) is 132 Å². The Kier molecular flexibility index (Phi) is 17.5. The third kappa shape index (κ3) is 18.2. The zero-order valence-electron chi connectivity index (χ0n) is 35.6. The number of nitrogens with two attached hydrogens (primary N) is 1. The Bertz CT molecular complexity index is 1670. The largest absolute Gasteiger partial charge is 0.490 e. The number of benzene rings is 2. The maximum Gasteiger partial charge on any atom is 0.410 e. The second-order valence-corrected chi connectivity index (χ2v) is 18.5. The van der Waals surface area contributed by atoms with Crippen molar-refractivity contribution in [3.63, 3.8) is 0 Å². The van der Waals surface area contributed by atoms with Gasteiger partial charge in [-0.2, -0.15) is 0 Å². The number of piperidine rings is 2. The summed E-state index contributed by atoms with van der Waals surface area (Å²) in [6.45, 7) is 23.9. The van der Waals surface area contributed by atoms with Gasteiger partial charge in [-0.25, -0.2) is 18.4 Å². The fourth-order valence-electron chi connectivity index (χ4n) is 4.91. The summed E-state index contributed by atoms with van der Waals surface area (Å²) >= 11 is 5.11. The van der Waals surface area contributed by atoms with Crippen LogP contribution in [0.2, 0.25) is 0 Å². The molecule has 2 fully saturated rings. The van der Waals surface area contributed by atoms with Crippen LogP contribution < -0.4 is 20.5 Å². The Labute approximate surface area is 342 Å². The summed E-state index contributed by atoms with van der Waals surface area (Å²) in [7, 11) is 0. The summed E-state index contributed by atoms with van der Waals surface area (Å²) < 4.78 is 50.0. The van der Waals surface area contributed by atoms with Gasteiger partial charge < -0.3 is 39.8 Å². The quantitative estimate of drug-likeness (QED) is 0.222. The maximum absolute atomic E-state index is 14.3. The number of nitrogen functional groups attached to an aromatic ring is 1. The van der Waals surface area contributed by atoms with Gasteiger partial charge in [-0.3, -0.25) is 9.59 Å². The van der Waals surface area contributed by atoms with Crippen molar-refractivity contribution in [2.24, 2.45) is 10.8 Å². The molecule has 0 atom stereocenters. The molecule has 320 valence electrons. The minimum Gasteiger partial charge on any atom is -0.490 e. The molecule has 2 saturated heterocycles. The van der Waals surface area contributed by atoms with Crippen LogP contribution in [0.1, 0.15) is 109 Å². The number of carbonyl (C=O) groups is 4. The average Bonchev–Trinajstić information content (AvgIpc) is 3.06. The Morgan fingerprint density at radius 3 is 1.33 bits per heavy atom. The normalized spacial score (nSPS) is 15.6. The molecule has 0 unspecified atom stereocenters. The SMILES string of the molecule is CC(C)(C)C(=O)Cl.CC(C)(C)OC(=O)N1CCC(Oc2ccc(N)c(F)c2)CC1.CC(C)(C)OC(=O)N1CCC(Oc2ccc(NC(=O)C(C)(C)C)c(F)c2)CC1. The number of hydrogen-bond acceptors (Lipinski definition) is 9. The molecule has 2 aliphatic heterocycles. The lowest BCUT2D eigenvalue weighted by molar-refractivity contribution is -0.123. The number of likely N-dealkylation sites (tertiary alicyclic amines) is 2. The van der Waals surface area contributed by atoms with Crippen molar-refractivity contribution in [1.29, 1.82) is 0 Å². The van der Waals surface area contributed by atoms with Gasteiger partial charge in [-0.05, 0) is 77.4 Å². The van der Waals surface area contributed by atoms with Crippen LogP contribution in [-0.2, 0) is 19.1 Å². The predicted octanol–water partition coefficient (Wildman–Crippen LogP) is 9.57. The second kappa shape index (κ2) is 20.4. The third-order valence-corrected chi connectivity index (χ3v) is 8.79. The molecule has 3 N–H and O–H groups in total. The van der Waals surface area contributed by atoms with Crippen LogP contribution in [-0.4, -0.2) is 82.7 Å². The monoisotopic (exact) mass is 824 g/mol. The van der Waals surface area contributed by atoms with Crippen LogP contribution in [0.5, 0.6) is 11.5 Å². The van der Waals surface area contributed by atoms with Crippen LogP contribution in [0.4, 0.5) is 29.7 Å². The molecular weight excluding hydrogens is 762 g/mol. The van der Waals surface area contributed by atoms with Gasteiger partial charge in [0.15, 0.2) is 0 Å². The van der Waals surface area contributed by atoms with Crippen molar-refractivity contribution in [3.8, 4) is 11.5 Å². The number of carbonyl (C=O) groups excluding carboxylic acids is 4. The topological polar surface area (TPSA) is 150 Å². The molecule has 0 saturated carbocycles. The summed E-state index contributed by atoms with van der Waals surface area (Å²) in [5.74, 6) is -0.413. The van der Waals surface area contributed by atoms with Crippen molar-refractivity contribution in [2.75, 3.05) is 37.2 Å². The molecule has 2 heterocycles. The first kappa shape index (κ1) is 48.8. The van der Waals surface area contributed by atoms with Gasteiger partial charge in [0.1, 0.15) is 46.5 Å². The van der Waals surface area contributed by atoms with Crippen molar-refractivity contribution < 1.29 is 46.9 Å². The van der Waals surface area contributed by atoms with E-state index < -0.39 is 28.3 Å². The first-order valence-electron chi connectivity index (χ1n) is 19.2. The molecule has 2 aromatic carbocycles. The van der Waals surface area contributed by atoms with Crippen LogP contribution in [0.15, 0.2) is 36.4 Å². The molecule has 0 spiro atoms. The van der Waals surface area contributed by atoms with Gasteiger partial charge >= 0.3 is 12.2 Å². The molecule has 0 bridgehead atoms. The van der Waals surface area contributed by atoms with Crippen molar-refractivity contribution in [1.82, 2.24) is 9.80 Å². The number of nitrogens with one attached hydrogen (secondary N) is 1. The summed E-state index contributed by atoms with van der Waals surface area (Å²) in [5.41, 5.74) is 3.67.